The van der Waals surface area contributed by atoms with Gasteiger partial charge < -0.3 is 9.67 Å². The van der Waals surface area contributed by atoms with E-state index >= 15 is 0 Å². The monoisotopic (exact) mass is 197 g/mol. The van der Waals surface area contributed by atoms with Crippen LogP contribution in [0.3, 0.4) is 0 Å². The lowest BCUT2D eigenvalue weighted by Crippen LogP contribution is -1.95. The Kier molecular flexibility index (Phi) is 1.91. The fraction of sp³-hybridized carbons (Fsp3) is 0.200. The highest BCUT2D eigenvalue weighted by Gasteiger charge is 2.14. The summed E-state index contributed by atoms with van der Waals surface area (Å²) in [5.74, 6) is 0.0829. The van der Waals surface area contributed by atoms with Gasteiger partial charge >= 0.3 is 0 Å². The van der Waals surface area contributed by atoms with Crippen molar-refractivity contribution < 1.29 is 13.9 Å². The van der Waals surface area contributed by atoms with Crippen LogP contribution >= 0.6 is 0 Å². The zero-order valence-corrected chi connectivity index (χ0v) is 7.54. The van der Waals surface area contributed by atoms with Gasteiger partial charge in [-0.1, -0.05) is 0 Å². The molecule has 14 heavy (non-hydrogen) atoms. The van der Waals surface area contributed by atoms with Crippen LogP contribution in [-0.2, 0) is 7.05 Å². The standard InChI is InChI=1S/C10H9F2NO/c1-13-8-5-7(14)3-2-6(8)4-9(13)10(11)12/h2-5,10,14H,1H3. The lowest BCUT2D eigenvalue weighted by molar-refractivity contribution is 0.143. The summed E-state index contributed by atoms with van der Waals surface area (Å²) in [6, 6.07) is 6.01. The molecule has 0 fully saturated rings. The van der Waals surface area contributed by atoms with E-state index in [1.54, 1.807) is 13.1 Å². The number of alkyl halides is 2. The highest BCUT2D eigenvalue weighted by Crippen LogP contribution is 2.28. The molecule has 0 radical (unpaired) electrons. The van der Waals surface area contributed by atoms with E-state index in [0.29, 0.717) is 10.9 Å². The summed E-state index contributed by atoms with van der Waals surface area (Å²) in [5.41, 5.74) is 0.575. The molecule has 2 rings (SSSR count). The smallest absolute Gasteiger partial charge is 0.278 e. The quantitative estimate of drug-likeness (QED) is 0.747. The van der Waals surface area contributed by atoms with E-state index in [1.165, 1.54) is 22.8 Å². The number of hydrogen-bond donors (Lipinski definition) is 1. The Morgan fingerprint density at radius 2 is 2.00 bits per heavy atom. The average molecular weight is 197 g/mol. The molecule has 0 aliphatic carbocycles. The first-order chi connectivity index (χ1) is 6.59. The van der Waals surface area contributed by atoms with Crippen molar-refractivity contribution in [2.45, 2.75) is 6.43 Å². The topological polar surface area (TPSA) is 25.2 Å². The molecule has 2 aromatic rings. The Morgan fingerprint density at radius 1 is 1.29 bits per heavy atom. The second kappa shape index (κ2) is 2.97. The molecule has 0 saturated carbocycles. The van der Waals surface area contributed by atoms with Crippen LogP contribution in [0.5, 0.6) is 5.75 Å². The van der Waals surface area contributed by atoms with Crippen molar-refractivity contribution in [1.82, 2.24) is 4.57 Å². The minimum Gasteiger partial charge on any atom is -0.508 e. The first-order valence-corrected chi connectivity index (χ1v) is 4.16. The highest BCUT2D eigenvalue weighted by molar-refractivity contribution is 5.82. The zero-order valence-electron chi connectivity index (χ0n) is 7.54. The lowest BCUT2D eigenvalue weighted by atomic mass is 10.2. The normalized spacial score (nSPS) is 11.4. The number of aromatic nitrogens is 1. The summed E-state index contributed by atoms with van der Waals surface area (Å²) in [4.78, 5) is 0. The van der Waals surface area contributed by atoms with Gasteiger partial charge in [0.1, 0.15) is 5.75 Å². The molecule has 0 amide bonds. The van der Waals surface area contributed by atoms with Crippen LogP contribution < -0.4 is 0 Å². The van der Waals surface area contributed by atoms with Gasteiger partial charge in [0.25, 0.3) is 6.43 Å². The van der Waals surface area contributed by atoms with E-state index in [0.717, 1.165) is 0 Å². The van der Waals surface area contributed by atoms with Gasteiger partial charge in [-0.2, -0.15) is 0 Å². The fourth-order valence-corrected chi connectivity index (χ4v) is 1.55. The molecule has 2 nitrogen and oxygen atoms in total. The summed E-state index contributed by atoms with van der Waals surface area (Å²) in [7, 11) is 1.56. The molecule has 0 saturated heterocycles. The highest BCUT2D eigenvalue weighted by atomic mass is 19.3. The number of rotatable bonds is 1. The molecule has 1 aromatic carbocycles. The van der Waals surface area contributed by atoms with Gasteiger partial charge in [-0.05, 0) is 18.2 Å². The van der Waals surface area contributed by atoms with Crippen molar-refractivity contribution in [2.24, 2.45) is 7.05 Å². The Balaban J connectivity index is 2.74. The summed E-state index contributed by atoms with van der Waals surface area (Å²) in [6.07, 6.45) is -2.49. The van der Waals surface area contributed by atoms with Gasteiger partial charge in [0.15, 0.2) is 0 Å². The van der Waals surface area contributed by atoms with E-state index in [4.69, 9.17) is 0 Å². The van der Waals surface area contributed by atoms with E-state index < -0.39 is 6.43 Å². The maximum Gasteiger partial charge on any atom is 0.278 e. The summed E-state index contributed by atoms with van der Waals surface area (Å²) < 4.78 is 26.4. The van der Waals surface area contributed by atoms with Gasteiger partial charge in [0.05, 0.1) is 11.2 Å². The van der Waals surface area contributed by atoms with E-state index in [1.807, 2.05) is 0 Å². The van der Waals surface area contributed by atoms with Crippen LogP contribution in [0.4, 0.5) is 8.78 Å². The number of fused-ring (bicyclic) bond motifs is 1. The Labute approximate surface area is 79.4 Å². The summed E-state index contributed by atoms with van der Waals surface area (Å²) >= 11 is 0. The Morgan fingerprint density at radius 3 is 2.64 bits per heavy atom. The third-order valence-corrected chi connectivity index (χ3v) is 2.29. The van der Waals surface area contributed by atoms with Crippen LogP contribution in [0.1, 0.15) is 12.1 Å². The van der Waals surface area contributed by atoms with Crippen molar-refractivity contribution in [3.05, 3.63) is 30.0 Å². The molecule has 1 heterocycles. The lowest BCUT2D eigenvalue weighted by Gasteiger charge is -2.02. The number of aryl methyl sites for hydroxylation is 1. The van der Waals surface area contributed by atoms with Crippen LogP contribution in [0, 0.1) is 0 Å². The molecule has 1 N–H and O–H groups in total. The predicted molar refractivity (Wildman–Crippen MR) is 49.5 cm³/mol. The van der Waals surface area contributed by atoms with Crippen molar-refractivity contribution >= 4 is 10.9 Å². The van der Waals surface area contributed by atoms with Crippen molar-refractivity contribution in [2.75, 3.05) is 0 Å². The zero-order chi connectivity index (χ0) is 10.3. The maximum atomic E-state index is 12.5. The van der Waals surface area contributed by atoms with Crippen LogP contribution in [0.15, 0.2) is 24.3 Å². The number of halogens is 2. The second-order valence-corrected chi connectivity index (χ2v) is 3.17. The van der Waals surface area contributed by atoms with Crippen LogP contribution in [0.25, 0.3) is 10.9 Å². The maximum absolute atomic E-state index is 12.5. The van der Waals surface area contributed by atoms with Crippen molar-refractivity contribution in [3.8, 4) is 5.75 Å². The van der Waals surface area contributed by atoms with Crippen LogP contribution in [-0.4, -0.2) is 9.67 Å². The van der Waals surface area contributed by atoms with Crippen LogP contribution in [0.2, 0.25) is 0 Å². The number of nitrogens with zero attached hydrogens (tertiary/aromatic N) is 1. The number of hydrogen-bond acceptors (Lipinski definition) is 1. The molecule has 0 unspecified atom stereocenters. The van der Waals surface area contributed by atoms with Gasteiger partial charge in [-0.15, -0.1) is 0 Å². The number of phenolic OH excluding ortho intramolecular Hbond substituents is 1. The molecule has 0 aliphatic rings. The molecule has 4 heteroatoms. The number of benzene rings is 1. The van der Waals surface area contributed by atoms with Gasteiger partial charge in [-0.25, -0.2) is 8.78 Å². The Hall–Kier alpha value is -1.58. The molecular weight excluding hydrogens is 188 g/mol. The van der Waals surface area contributed by atoms with Gasteiger partial charge in [0, 0.05) is 18.5 Å². The molecular formula is C10H9F2NO. The second-order valence-electron chi connectivity index (χ2n) is 3.17. The summed E-state index contributed by atoms with van der Waals surface area (Å²) in [5, 5.41) is 9.91. The fourth-order valence-electron chi connectivity index (χ4n) is 1.55. The largest absolute Gasteiger partial charge is 0.508 e. The first kappa shape index (κ1) is 8.99. The molecule has 1 aromatic heterocycles. The Bertz CT molecular complexity index is 476. The molecule has 0 aliphatic heterocycles. The molecule has 74 valence electrons. The predicted octanol–water partition coefficient (Wildman–Crippen LogP) is 2.82. The van der Waals surface area contributed by atoms with Gasteiger partial charge in [-0.3, -0.25) is 0 Å². The number of aromatic hydroxyl groups is 1. The average Bonchev–Trinajstić information content (AvgIpc) is 2.44. The minimum atomic E-state index is -2.49. The third-order valence-electron chi connectivity index (χ3n) is 2.29. The summed E-state index contributed by atoms with van der Waals surface area (Å²) in [6.45, 7) is 0. The van der Waals surface area contributed by atoms with E-state index in [-0.39, 0.29) is 11.4 Å². The molecule has 0 atom stereocenters. The van der Waals surface area contributed by atoms with Crippen molar-refractivity contribution in [3.63, 3.8) is 0 Å². The van der Waals surface area contributed by atoms with Crippen molar-refractivity contribution in [1.29, 1.82) is 0 Å². The van der Waals surface area contributed by atoms with E-state index in [9.17, 15) is 13.9 Å². The third kappa shape index (κ3) is 1.23. The van der Waals surface area contributed by atoms with E-state index in [2.05, 4.69) is 0 Å². The SMILES string of the molecule is Cn1c(C(F)F)cc2ccc(O)cc21. The first-order valence-electron chi connectivity index (χ1n) is 4.16. The molecule has 0 bridgehead atoms. The number of phenols is 1. The molecule has 0 spiro atoms. The minimum absolute atomic E-state index is 0.0365. The van der Waals surface area contributed by atoms with Gasteiger partial charge in [0.2, 0.25) is 0 Å².